The first-order chi connectivity index (χ1) is 9.95. The number of nitrogens with one attached hydrogen (secondary N) is 1. The summed E-state index contributed by atoms with van der Waals surface area (Å²) in [5.41, 5.74) is 5.27. The molecular weight excluding hydrogens is 302 g/mol. The van der Waals surface area contributed by atoms with E-state index >= 15 is 0 Å². The summed E-state index contributed by atoms with van der Waals surface area (Å²) in [5, 5.41) is 3.99. The van der Waals surface area contributed by atoms with Crippen molar-refractivity contribution in [1.82, 2.24) is 10.3 Å². The third kappa shape index (κ3) is 3.61. The van der Waals surface area contributed by atoms with E-state index in [1.807, 2.05) is 20.0 Å². The molecular formula is C15H23N3OS2. The molecule has 0 spiro atoms. The van der Waals surface area contributed by atoms with Gasteiger partial charge in [-0.05, 0) is 26.7 Å². The Bertz CT molecular complexity index is 519. The average molecular weight is 326 g/mol. The molecule has 1 atom stereocenters. The molecule has 1 saturated carbocycles. The second-order valence-corrected chi connectivity index (χ2v) is 7.57. The van der Waals surface area contributed by atoms with Crippen molar-refractivity contribution in [2.75, 3.05) is 0 Å². The van der Waals surface area contributed by atoms with Crippen LogP contribution in [-0.4, -0.2) is 15.9 Å². The number of hydrogen-bond acceptors (Lipinski definition) is 4. The van der Waals surface area contributed by atoms with E-state index in [1.165, 1.54) is 0 Å². The third-order valence-corrected chi connectivity index (χ3v) is 5.71. The van der Waals surface area contributed by atoms with Crippen molar-refractivity contribution < 1.29 is 4.79 Å². The van der Waals surface area contributed by atoms with Crippen LogP contribution in [0, 0.1) is 12.3 Å². The first kappa shape index (κ1) is 16.4. The Labute approximate surface area is 135 Å². The first-order valence-corrected chi connectivity index (χ1v) is 8.71. The van der Waals surface area contributed by atoms with Crippen LogP contribution < -0.4 is 11.1 Å². The van der Waals surface area contributed by atoms with Gasteiger partial charge >= 0.3 is 0 Å². The normalized spacial score (nSPS) is 19.5. The predicted octanol–water partition coefficient (Wildman–Crippen LogP) is 3.26. The van der Waals surface area contributed by atoms with Crippen LogP contribution in [-0.2, 0) is 4.79 Å². The number of carbonyl (C=O) groups excluding carboxylic acids is 1. The van der Waals surface area contributed by atoms with Gasteiger partial charge in [-0.3, -0.25) is 4.79 Å². The number of thiazole rings is 1. The first-order valence-electron chi connectivity index (χ1n) is 7.49. The van der Waals surface area contributed by atoms with Gasteiger partial charge in [0.1, 0.15) is 5.01 Å². The van der Waals surface area contributed by atoms with Crippen LogP contribution in [0.25, 0.3) is 0 Å². The molecule has 1 aliphatic rings. The molecule has 6 heteroatoms. The smallest absolute Gasteiger partial charge is 0.233 e. The Hall–Kier alpha value is -1.01. The number of nitrogens with two attached hydrogens (primary N) is 1. The standard InChI is InChI=1S/C15H23N3OS2/c1-10-9-17-12(21-10)11(2)18-14(19)15(13(16)20)7-5-3-4-6-8-15/h9,11H,3-8H2,1-2H3,(H2,16,20)(H,18,19). The summed E-state index contributed by atoms with van der Waals surface area (Å²) < 4.78 is 0. The van der Waals surface area contributed by atoms with Gasteiger partial charge in [0.15, 0.2) is 0 Å². The van der Waals surface area contributed by atoms with Gasteiger partial charge < -0.3 is 11.1 Å². The molecule has 0 bridgehead atoms. The zero-order valence-corrected chi connectivity index (χ0v) is 14.3. The molecule has 0 aromatic carbocycles. The maximum Gasteiger partial charge on any atom is 0.233 e. The van der Waals surface area contributed by atoms with Crippen molar-refractivity contribution >= 4 is 34.5 Å². The fourth-order valence-corrected chi connectivity index (χ4v) is 3.96. The molecule has 1 aromatic rings. The van der Waals surface area contributed by atoms with Crippen molar-refractivity contribution in [1.29, 1.82) is 0 Å². The molecule has 21 heavy (non-hydrogen) atoms. The monoisotopic (exact) mass is 325 g/mol. The fraction of sp³-hybridized carbons (Fsp3) is 0.667. The molecule has 3 N–H and O–H groups in total. The zero-order valence-electron chi connectivity index (χ0n) is 12.6. The number of nitrogens with zero attached hydrogens (tertiary/aromatic N) is 1. The molecule has 1 heterocycles. The molecule has 2 rings (SSSR count). The molecule has 1 fully saturated rings. The molecule has 1 unspecified atom stereocenters. The Morgan fingerprint density at radius 1 is 1.43 bits per heavy atom. The molecule has 0 saturated heterocycles. The molecule has 1 aliphatic carbocycles. The van der Waals surface area contributed by atoms with E-state index < -0.39 is 5.41 Å². The number of thiocarbonyl (C=S) groups is 1. The zero-order chi connectivity index (χ0) is 15.5. The number of carbonyl (C=O) groups is 1. The van der Waals surface area contributed by atoms with Gasteiger partial charge in [-0.15, -0.1) is 11.3 Å². The molecule has 116 valence electrons. The van der Waals surface area contributed by atoms with Crippen LogP contribution in [0.2, 0.25) is 0 Å². The highest BCUT2D eigenvalue weighted by Crippen LogP contribution is 2.36. The highest BCUT2D eigenvalue weighted by Gasteiger charge is 2.42. The van der Waals surface area contributed by atoms with Crippen LogP contribution >= 0.6 is 23.6 Å². The fourth-order valence-electron chi connectivity index (χ4n) is 2.89. The van der Waals surface area contributed by atoms with Crippen molar-refractivity contribution in [3.05, 3.63) is 16.1 Å². The number of hydrogen-bond donors (Lipinski definition) is 2. The molecule has 1 aromatic heterocycles. The molecule has 1 amide bonds. The third-order valence-electron chi connectivity index (χ3n) is 4.22. The van der Waals surface area contributed by atoms with E-state index in [0.717, 1.165) is 48.4 Å². The van der Waals surface area contributed by atoms with Crippen molar-refractivity contribution in [3.8, 4) is 0 Å². The summed E-state index contributed by atoms with van der Waals surface area (Å²) in [6, 6.07) is -0.106. The number of aromatic nitrogens is 1. The Balaban J connectivity index is 2.13. The van der Waals surface area contributed by atoms with Crippen LogP contribution in [0.3, 0.4) is 0 Å². The van der Waals surface area contributed by atoms with Crippen LogP contribution in [0.4, 0.5) is 0 Å². The number of rotatable bonds is 4. The van der Waals surface area contributed by atoms with Gasteiger partial charge in [0.25, 0.3) is 0 Å². The van der Waals surface area contributed by atoms with Gasteiger partial charge in [-0.1, -0.05) is 37.9 Å². The van der Waals surface area contributed by atoms with Gasteiger partial charge in [0.2, 0.25) is 5.91 Å². The topological polar surface area (TPSA) is 68.0 Å². The average Bonchev–Trinajstić information content (AvgIpc) is 2.73. The lowest BCUT2D eigenvalue weighted by Crippen LogP contribution is -2.49. The van der Waals surface area contributed by atoms with Crippen LogP contribution in [0.5, 0.6) is 0 Å². The lowest BCUT2D eigenvalue weighted by atomic mass is 9.79. The molecule has 0 aliphatic heterocycles. The number of aryl methyl sites for hydroxylation is 1. The van der Waals surface area contributed by atoms with E-state index in [0.29, 0.717) is 4.99 Å². The summed E-state index contributed by atoms with van der Waals surface area (Å²) in [6.07, 6.45) is 7.68. The Morgan fingerprint density at radius 2 is 2.05 bits per heavy atom. The van der Waals surface area contributed by atoms with Gasteiger partial charge in [0.05, 0.1) is 16.4 Å². The number of amides is 1. The van der Waals surface area contributed by atoms with E-state index in [1.54, 1.807) is 11.3 Å². The quantitative estimate of drug-likeness (QED) is 0.658. The summed E-state index contributed by atoms with van der Waals surface area (Å²) >= 11 is 6.85. The molecule has 0 radical (unpaired) electrons. The summed E-state index contributed by atoms with van der Waals surface area (Å²) in [5.74, 6) is -0.0303. The van der Waals surface area contributed by atoms with E-state index in [4.69, 9.17) is 18.0 Å². The van der Waals surface area contributed by atoms with Crippen molar-refractivity contribution in [3.63, 3.8) is 0 Å². The maximum absolute atomic E-state index is 12.8. The highest BCUT2D eigenvalue weighted by molar-refractivity contribution is 7.80. The van der Waals surface area contributed by atoms with Crippen LogP contribution in [0.1, 0.15) is 61.4 Å². The Kier molecular flexibility index (Phi) is 5.32. The summed E-state index contributed by atoms with van der Waals surface area (Å²) in [7, 11) is 0. The lowest BCUT2D eigenvalue weighted by molar-refractivity contribution is -0.128. The highest BCUT2D eigenvalue weighted by atomic mass is 32.1. The summed E-state index contributed by atoms with van der Waals surface area (Å²) in [4.78, 5) is 18.6. The van der Waals surface area contributed by atoms with Gasteiger partial charge in [-0.25, -0.2) is 4.98 Å². The van der Waals surface area contributed by atoms with Crippen molar-refractivity contribution in [2.45, 2.75) is 58.4 Å². The lowest BCUT2D eigenvalue weighted by Gasteiger charge is -2.31. The van der Waals surface area contributed by atoms with Crippen LogP contribution in [0.15, 0.2) is 6.20 Å². The minimum atomic E-state index is -0.674. The molecule has 4 nitrogen and oxygen atoms in total. The van der Waals surface area contributed by atoms with E-state index in [-0.39, 0.29) is 11.9 Å². The van der Waals surface area contributed by atoms with E-state index in [9.17, 15) is 4.79 Å². The second kappa shape index (κ2) is 6.83. The summed E-state index contributed by atoms with van der Waals surface area (Å²) in [6.45, 7) is 3.97. The largest absolute Gasteiger partial charge is 0.392 e. The van der Waals surface area contributed by atoms with Crippen molar-refractivity contribution in [2.24, 2.45) is 11.1 Å². The minimum absolute atomic E-state index is 0.0303. The van der Waals surface area contributed by atoms with Gasteiger partial charge in [-0.2, -0.15) is 0 Å². The second-order valence-electron chi connectivity index (χ2n) is 5.86. The maximum atomic E-state index is 12.8. The van der Waals surface area contributed by atoms with E-state index in [2.05, 4.69) is 10.3 Å². The minimum Gasteiger partial charge on any atom is -0.392 e. The SMILES string of the molecule is Cc1cnc(C(C)NC(=O)C2(C(N)=S)CCCCCC2)s1. The predicted molar refractivity (Wildman–Crippen MR) is 90.3 cm³/mol. The van der Waals surface area contributed by atoms with Gasteiger partial charge in [0, 0.05) is 11.1 Å². The Morgan fingerprint density at radius 3 is 2.52 bits per heavy atom.